The minimum atomic E-state index is -0.351. The fourth-order valence-corrected chi connectivity index (χ4v) is 1.91. The number of aryl methyl sites for hydroxylation is 1. The van der Waals surface area contributed by atoms with Crippen LogP contribution in [0.2, 0.25) is 5.02 Å². The maximum absolute atomic E-state index is 12.2. The van der Waals surface area contributed by atoms with Crippen molar-refractivity contribution in [3.63, 3.8) is 0 Å². The zero-order chi connectivity index (χ0) is 14.5. The molecular formula is C14H14ClN3O2. The van der Waals surface area contributed by atoms with Gasteiger partial charge in [0, 0.05) is 18.1 Å². The molecule has 6 heteroatoms. The zero-order valence-corrected chi connectivity index (χ0v) is 11.9. The van der Waals surface area contributed by atoms with Gasteiger partial charge in [-0.1, -0.05) is 11.6 Å². The molecule has 0 bridgehead atoms. The highest BCUT2D eigenvalue weighted by molar-refractivity contribution is 6.34. The van der Waals surface area contributed by atoms with Crippen LogP contribution in [0.3, 0.4) is 0 Å². The lowest BCUT2D eigenvalue weighted by molar-refractivity contribution is 0.102. The van der Waals surface area contributed by atoms with Crippen LogP contribution in [0.15, 0.2) is 30.6 Å². The van der Waals surface area contributed by atoms with Gasteiger partial charge in [-0.25, -0.2) is 4.98 Å². The van der Waals surface area contributed by atoms with Crippen molar-refractivity contribution >= 4 is 23.2 Å². The molecule has 20 heavy (non-hydrogen) atoms. The molecule has 2 rings (SSSR count). The molecule has 1 N–H and O–H groups in total. The van der Waals surface area contributed by atoms with Crippen LogP contribution in [0, 0.1) is 6.92 Å². The van der Waals surface area contributed by atoms with Crippen molar-refractivity contribution in [3.8, 4) is 5.88 Å². The van der Waals surface area contributed by atoms with Crippen LogP contribution in [-0.4, -0.2) is 22.5 Å². The predicted molar refractivity (Wildman–Crippen MR) is 77.3 cm³/mol. The number of pyridine rings is 2. The minimum absolute atomic E-state index is 0.309. The van der Waals surface area contributed by atoms with E-state index in [0.717, 1.165) is 5.69 Å². The molecule has 0 radical (unpaired) electrons. The topological polar surface area (TPSA) is 64.1 Å². The van der Waals surface area contributed by atoms with Crippen LogP contribution < -0.4 is 10.1 Å². The first-order valence-corrected chi connectivity index (χ1v) is 6.51. The Balaban J connectivity index is 2.23. The molecule has 2 aromatic heterocycles. The molecule has 0 saturated heterocycles. The van der Waals surface area contributed by atoms with Crippen LogP contribution in [0.5, 0.6) is 5.88 Å². The van der Waals surface area contributed by atoms with Gasteiger partial charge in [0.05, 0.1) is 17.2 Å². The molecule has 2 heterocycles. The van der Waals surface area contributed by atoms with Crippen LogP contribution in [0.4, 0.5) is 5.69 Å². The number of amides is 1. The molecule has 104 valence electrons. The van der Waals surface area contributed by atoms with Gasteiger partial charge in [-0.05, 0) is 32.0 Å². The van der Waals surface area contributed by atoms with Gasteiger partial charge in [0.2, 0.25) is 5.88 Å². The molecule has 0 spiro atoms. The Morgan fingerprint density at radius 2 is 2.25 bits per heavy atom. The molecule has 0 fully saturated rings. The van der Waals surface area contributed by atoms with Gasteiger partial charge < -0.3 is 10.1 Å². The number of carbonyl (C=O) groups excluding carboxylic acids is 1. The molecule has 0 aromatic carbocycles. The van der Waals surface area contributed by atoms with Crippen molar-refractivity contribution in [2.75, 3.05) is 11.9 Å². The highest BCUT2D eigenvalue weighted by Gasteiger charge is 2.14. The molecular weight excluding hydrogens is 278 g/mol. The third-order valence-electron chi connectivity index (χ3n) is 2.54. The molecule has 0 saturated carbocycles. The Morgan fingerprint density at radius 1 is 1.45 bits per heavy atom. The second kappa shape index (κ2) is 6.34. The summed E-state index contributed by atoms with van der Waals surface area (Å²) >= 11 is 6.04. The summed E-state index contributed by atoms with van der Waals surface area (Å²) in [6.45, 7) is 4.12. The van der Waals surface area contributed by atoms with Crippen LogP contribution >= 0.6 is 11.6 Å². The fourth-order valence-electron chi connectivity index (χ4n) is 1.62. The van der Waals surface area contributed by atoms with Gasteiger partial charge >= 0.3 is 0 Å². The quantitative estimate of drug-likeness (QED) is 0.940. The number of carbonyl (C=O) groups is 1. The average Bonchev–Trinajstić information content (AvgIpc) is 2.41. The van der Waals surface area contributed by atoms with Gasteiger partial charge in [0.25, 0.3) is 5.91 Å². The molecule has 5 nitrogen and oxygen atoms in total. The number of nitrogens with one attached hydrogen (secondary N) is 1. The lowest BCUT2D eigenvalue weighted by Gasteiger charge is -2.10. The van der Waals surface area contributed by atoms with Crippen LogP contribution in [0.1, 0.15) is 23.0 Å². The largest absolute Gasteiger partial charge is 0.476 e. The van der Waals surface area contributed by atoms with E-state index in [1.54, 1.807) is 24.4 Å². The van der Waals surface area contributed by atoms with E-state index in [1.807, 2.05) is 13.8 Å². The maximum atomic E-state index is 12.2. The normalized spacial score (nSPS) is 10.2. The molecule has 0 aliphatic carbocycles. The third-order valence-corrected chi connectivity index (χ3v) is 2.85. The van der Waals surface area contributed by atoms with Crippen molar-refractivity contribution < 1.29 is 9.53 Å². The van der Waals surface area contributed by atoms with E-state index in [-0.39, 0.29) is 5.91 Å². The number of anilines is 1. The van der Waals surface area contributed by atoms with Crippen molar-refractivity contribution in [2.45, 2.75) is 13.8 Å². The van der Waals surface area contributed by atoms with Crippen molar-refractivity contribution in [1.29, 1.82) is 0 Å². The number of aromatic nitrogens is 2. The Hall–Kier alpha value is -2.14. The Kier molecular flexibility index (Phi) is 4.53. The fraction of sp³-hybridized carbons (Fsp3) is 0.214. The van der Waals surface area contributed by atoms with E-state index >= 15 is 0 Å². The summed E-state index contributed by atoms with van der Waals surface area (Å²) in [7, 11) is 0. The first kappa shape index (κ1) is 14.3. The molecule has 0 atom stereocenters. The van der Waals surface area contributed by atoms with Crippen LogP contribution in [0.25, 0.3) is 0 Å². The van der Waals surface area contributed by atoms with E-state index < -0.39 is 0 Å². The smallest absolute Gasteiger partial charge is 0.258 e. The lowest BCUT2D eigenvalue weighted by atomic mass is 10.2. The summed E-state index contributed by atoms with van der Waals surface area (Å²) in [5, 5.41) is 3.08. The van der Waals surface area contributed by atoms with Crippen LogP contribution in [-0.2, 0) is 0 Å². The van der Waals surface area contributed by atoms with Gasteiger partial charge in [-0.2, -0.15) is 0 Å². The summed E-state index contributed by atoms with van der Waals surface area (Å²) in [5.41, 5.74) is 1.56. The average molecular weight is 292 g/mol. The first-order valence-electron chi connectivity index (χ1n) is 6.13. The summed E-state index contributed by atoms with van der Waals surface area (Å²) < 4.78 is 5.35. The van der Waals surface area contributed by atoms with Crippen molar-refractivity contribution in [2.24, 2.45) is 0 Å². The van der Waals surface area contributed by atoms with Gasteiger partial charge in [0.15, 0.2) is 0 Å². The Morgan fingerprint density at radius 3 is 2.95 bits per heavy atom. The first-order chi connectivity index (χ1) is 9.61. The molecule has 0 aliphatic rings. The highest BCUT2D eigenvalue weighted by atomic mass is 35.5. The molecule has 2 aromatic rings. The number of rotatable bonds is 4. The summed E-state index contributed by atoms with van der Waals surface area (Å²) in [4.78, 5) is 20.3. The van der Waals surface area contributed by atoms with Gasteiger partial charge in [0.1, 0.15) is 5.69 Å². The minimum Gasteiger partial charge on any atom is -0.476 e. The SMILES string of the molecule is CCOc1ncccc1NC(=O)c1cnc(C)cc1Cl. The number of hydrogen-bond acceptors (Lipinski definition) is 4. The van der Waals surface area contributed by atoms with Crippen molar-refractivity contribution in [3.05, 3.63) is 46.9 Å². The van der Waals surface area contributed by atoms with Crippen molar-refractivity contribution in [1.82, 2.24) is 9.97 Å². The molecule has 0 unspecified atom stereocenters. The van der Waals surface area contributed by atoms with E-state index in [2.05, 4.69) is 15.3 Å². The second-order valence-electron chi connectivity index (χ2n) is 4.05. The van der Waals surface area contributed by atoms with Gasteiger partial charge in [-0.15, -0.1) is 0 Å². The highest BCUT2D eigenvalue weighted by Crippen LogP contribution is 2.23. The molecule has 1 amide bonds. The third kappa shape index (κ3) is 3.24. The van der Waals surface area contributed by atoms with E-state index in [0.29, 0.717) is 28.8 Å². The Labute approximate surface area is 122 Å². The Bertz CT molecular complexity index is 632. The lowest BCUT2D eigenvalue weighted by Crippen LogP contribution is -2.14. The van der Waals surface area contributed by atoms with E-state index in [4.69, 9.17) is 16.3 Å². The number of halogens is 1. The predicted octanol–water partition coefficient (Wildman–Crippen LogP) is 3.09. The van der Waals surface area contributed by atoms with E-state index in [1.165, 1.54) is 6.20 Å². The summed E-state index contributed by atoms with van der Waals surface area (Å²) in [6.07, 6.45) is 3.05. The number of hydrogen-bond donors (Lipinski definition) is 1. The maximum Gasteiger partial charge on any atom is 0.258 e. The zero-order valence-electron chi connectivity index (χ0n) is 11.2. The number of nitrogens with zero attached hydrogens (tertiary/aromatic N) is 2. The standard InChI is InChI=1S/C14H14ClN3O2/c1-3-20-14-12(5-4-6-16-14)18-13(19)10-8-17-9(2)7-11(10)15/h4-8H,3H2,1-2H3,(H,18,19). The molecule has 0 aliphatic heterocycles. The summed E-state index contributed by atoms with van der Waals surface area (Å²) in [5.74, 6) is 0.0241. The number of ether oxygens (including phenoxy) is 1. The van der Waals surface area contributed by atoms with E-state index in [9.17, 15) is 4.79 Å². The van der Waals surface area contributed by atoms with Gasteiger partial charge in [-0.3, -0.25) is 9.78 Å². The summed E-state index contributed by atoms with van der Waals surface area (Å²) in [6, 6.07) is 5.07. The second-order valence-corrected chi connectivity index (χ2v) is 4.46. The monoisotopic (exact) mass is 291 g/mol.